The van der Waals surface area contributed by atoms with Gasteiger partial charge in [0.05, 0.1) is 5.56 Å². The van der Waals surface area contributed by atoms with Crippen LogP contribution in [-0.4, -0.2) is 24.8 Å². The summed E-state index contributed by atoms with van der Waals surface area (Å²) in [5.74, 6) is 0.355. The smallest absolute Gasteiger partial charge is 0.188 e. The highest BCUT2D eigenvalue weighted by Crippen LogP contribution is 2.33. The molecular formula is C20H28O4. The number of ether oxygens (including phenoxy) is 2. The number of carbonyl (C=O) groups excluding carboxylic acids is 1. The minimum Gasteiger partial charge on any atom is -0.507 e. The van der Waals surface area contributed by atoms with Crippen molar-refractivity contribution in [2.75, 3.05) is 13.9 Å². The largest absolute Gasteiger partial charge is 0.507 e. The van der Waals surface area contributed by atoms with Gasteiger partial charge < -0.3 is 14.6 Å². The molecule has 132 valence electrons. The topological polar surface area (TPSA) is 55.8 Å². The molecule has 1 aromatic rings. The first-order valence-electron chi connectivity index (χ1n) is 8.13. The maximum Gasteiger partial charge on any atom is 0.188 e. The normalized spacial score (nSPS) is 11.3. The van der Waals surface area contributed by atoms with Crippen LogP contribution in [0.3, 0.4) is 0 Å². The van der Waals surface area contributed by atoms with Crippen molar-refractivity contribution in [1.82, 2.24) is 0 Å². The van der Waals surface area contributed by atoms with Crippen molar-refractivity contribution in [1.29, 1.82) is 0 Å². The van der Waals surface area contributed by atoms with E-state index in [1.54, 1.807) is 12.1 Å². The number of phenolic OH excluding ortho intramolecular Hbond substituents is 1. The van der Waals surface area contributed by atoms with Crippen LogP contribution in [-0.2, 0) is 11.2 Å². The molecule has 0 aliphatic heterocycles. The van der Waals surface area contributed by atoms with Crippen molar-refractivity contribution in [3.8, 4) is 11.5 Å². The molecule has 24 heavy (non-hydrogen) atoms. The van der Waals surface area contributed by atoms with Gasteiger partial charge in [-0.25, -0.2) is 0 Å². The highest BCUT2D eigenvalue weighted by atomic mass is 16.7. The minimum absolute atomic E-state index is 0.00977. The zero-order valence-electron chi connectivity index (χ0n) is 15.3. The number of hydrogen-bond donors (Lipinski definition) is 1. The van der Waals surface area contributed by atoms with Crippen LogP contribution in [0.15, 0.2) is 35.4 Å². The van der Waals surface area contributed by atoms with Crippen molar-refractivity contribution in [2.45, 2.75) is 47.0 Å². The van der Waals surface area contributed by atoms with Crippen LogP contribution in [0, 0.1) is 0 Å². The second-order valence-corrected chi connectivity index (χ2v) is 6.12. The van der Waals surface area contributed by atoms with E-state index in [0.717, 1.165) is 12.8 Å². The summed E-state index contributed by atoms with van der Waals surface area (Å²) in [6, 6.07) is 3.29. The molecule has 0 aromatic heterocycles. The molecule has 0 aliphatic carbocycles. The average molecular weight is 332 g/mol. The Morgan fingerprint density at radius 2 is 1.88 bits per heavy atom. The van der Waals surface area contributed by atoms with Crippen LogP contribution in [0.5, 0.6) is 11.5 Å². The fraction of sp³-hybridized carbons (Fsp3) is 0.450. The number of rotatable bonds is 9. The van der Waals surface area contributed by atoms with E-state index in [4.69, 9.17) is 9.47 Å². The molecule has 1 rings (SSSR count). The zero-order chi connectivity index (χ0) is 18.1. The van der Waals surface area contributed by atoms with Crippen LogP contribution < -0.4 is 4.74 Å². The number of carbonyl (C=O) groups is 1. The number of Topliss-reactive ketones (excluding diaryl/α,β-unsaturated/α-hetero) is 1. The summed E-state index contributed by atoms with van der Waals surface area (Å²) in [4.78, 5) is 11.6. The molecule has 0 aliphatic rings. The third kappa shape index (κ3) is 6.20. The summed E-state index contributed by atoms with van der Waals surface area (Å²) in [5, 5.41) is 10.4. The van der Waals surface area contributed by atoms with Gasteiger partial charge in [0.1, 0.15) is 11.5 Å². The lowest BCUT2D eigenvalue weighted by Gasteiger charge is -2.14. The first-order valence-corrected chi connectivity index (χ1v) is 8.13. The Kier molecular flexibility index (Phi) is 8.27. The second kappa shape index (κ2) is 9.93. The molecule has 0 unspecified atom stereocenters. The molecule has 0 spiro atoms. The number of ketones is 1. The third-order valence-corrected chi connectivity index (χ3v) is 3.70. The zero-order valence-corrected chi connectivity index (χ0v) is 15.3. The minimum atomic E-state index is -0.170. The first-order chi connectivity index (χ1) is 11.4. The van der Waals surface area contributed by atoms with Gasteiger partial charge in [-0.15, -0.1) is 0 Å². The molecular weight excluding hydrogens is 304 g/mol. The maximum atomic E-state index is 11.6. The number of methoxy groups -OCH3 is 1. The molecule has 4 nitrogen and oxygen atoms in total. The molecule has 1 aromatic carbocycles. The van der Waals surface area contributed by atoms with Gasteiger partial charge in [-0.05, 0) is 59.1 Å². The second-order valence-electron chi connectivity index (χ2n) is 6.12. The van der Waals surface area contributed by atoms with E-state index in [1.165, 1.54) is 25.2 Å². The van der Waals surface area contributed by atoms with Crippen LogP contribution in [0.1, 0.15) is 56.5 Å². The van der Waals surface area contributed by atoms with Gasteiger partial charge in [-0.2, -0.15) is 0 Å². The summed E-state index contributed by atoms with van der Waals surface area (Å²) in [6.45, 7) is 7.78. The SMILES string of the molecule is COCOc1ccc(C(C)=O)c(O)c1C/C=C(\C)CCC=C(C)C. The standard InChI is InChI=1S/C20H28O4/c1-14(2)7-6-8-15(3)9-10-18-19(24-13-23-5)12-11-17(16(4)21)20(18)22/h7,9,11-12,22H,6,8,10,13H2,1-5H3/b15-9+. The van der Waals surface area contributed by atoms with Crippen LogP contribution in [0.4, 0.5) is 0 Å². The molecule has 1 N–H and O–H groups in total. The highest BCUT2D eigenvalue weighted by molar-refractivity contribution is 5.97. The molecule has 0 saturated heterocycles. The molecule has 0 saturated carbocycles. The van der Waals surface area contributed by atoms with Gasteiger partial charge in [0.25, 0.3) is 0 Å². The molecule has 0 heterocycles. The molecule has 0 amide bonds. The van der Waals surface area contributed by atoms with E-state index in [0.29, 0.717) is 23.3 Å². The van der Waals surface area contributed by atoms with Crippen LogP contribution in [0.2, 0.25) is 0 Å². The molecule has 0 fully saturated rings. The first kappa shape index (κ1) is 20.0. The fourth-order valence-corrected chi connectivity index (χ4v) is 2.32. The maximum absolute atomic E-state index is 11.6. The Bertz CT molecular complexity index is 623. The summed E-state index contributed by atoms with van der Waals surface area (Å²) >= 11 is 0. The molecule has 4 heteroatoms. The number of aromatic hydroxyl groups is 1. The number of phenols is 1. The summed E-state index contributed by atoms with van der Waals surface area (Å²) in [6.07, 6.45) is 6.74. The van der Waals surface area contributed by atoms with Crippen molar-refractivity contribution < 1.29 is 19.4 Å². The Hall–Kier alpha value is -2.07. The highest BCUT2D eigenvalue weighted by Gasteiger charge is 2.15. The monoisotopic (exact) mass is 332 g/mol. The fourth-order valence-electron chi connectivity index (χ4n) is 2.32. The van der Waals surface area contributed by atoms with Gasteiger partial charge in [-0.1, -0.05) is 23.3 Å². The Morgan fingerprint density at radius 3 is 2.46 bits per heavy atom. The Morgan fingerprint density at radius 1 is 1.17 bits per heavy atom. The average Bonchev–Trinajstić information content (AvgIpc) is 2.51. The Balaban J connectivity index is 2.99. The van der Waals surface area contributed by atoms with Crippen molar-refractivity contribution in [3.63, 3.8) is 0 Å². The van der Waals surface area contributed by atoms with Gasteiger partial charge in [-0.3, -0.25) is 4.79 Å². The predicted molar refractivity (Wildman–Crippen MR) is 96.7 cm³/mol. The quantitative estimate of drug-likeness (QED) is 0.400. The van der Waals surface area contributed by atoms with E-state index in [1.807, 2.05) is 0 Å². The lowest BCUT2D eigenvalue weighted by Crippen LogP contribution is -2.04. The summed E-state index contributed by atoms with van der Waals surface area (Å²) in [5.41, 5.74) is 3.47. The van der Waals surface area contributed by atoms with Gasteiger partial charge in [0.2, 0.25) is 0 Å². The molecule has 0 bridgehead atoms. The lowest BCUT2D eigenvalue weighted by atomic mass is 10.0. The lowest BCUT2D eigenvalue weighted by molar-refractivity contribution is 0.0503. The van der Waals surface area contributed by atoms with E-state index in [2.05, 4.69) is 32.9 Å². The summed E-state index contributed by atoms with van der Waals surface area (Å²) < 4.78 is 10.4. The van der Waals surface area contributed by atoms with Crippen molar-refractivity contribution in [3.05, 3.63) is 46.6 Å². The van der Waals surface area contributed by atoms with Gasteiger partial charge in [0.15, 0.2) is 12.6 Å². The Labute approximate surface area is 144 Å². The van der Waals surface area contributed by atoms with E-state index in [9.17, 15) is 9.90 Å². The molecule has 0 radical (unpaired) electrons. The van der Waals surface area contributed by atoms with E-state index < -0.39 is 0 Å². The third-order valence-electron chi connectivity index (χ3n) is 3.70. The van der Waals surface area contributed by atoms with Gasteiger partial charge in [0, 0.05) is 12.7 Å². The number of allylic oxidation sites excluding steroid dienone is 4. The van der Waals surface area contributed by atoms with Crippen LogP contribution in [0.25, 0.3) is 0 Å². The number of benzene rings is 1. The number of hydrogen-bond acceptors (Lipinski definition) is 4. The van der Waals surface area contributed by atoms with Gasteiger partial charge >= 0.3 is 0 Å². The molecule has 0 atom stereocenters. The summed E-state index contributed by atoms with van der Waals surface area (Å²) in [7, 11) is 1.54. The van der Waals surface area contributed by atoms with Crippen LogP contribution >= 0.6 is 0 Å². The predicted octanol–water partition coefficient (Wildman–Crippen LogP) is 4.81. The van der Waals surface area contributed by atoms with Crippen molar-refractivity contribution in [2.24, 2.45) is 0 Å². The van der Waals surface area contributed by atoms with E-state index in [-0.39, 0.29) is 18.3 Å². The van der Waals surface area contributed by atoms with Crippen molar-refractivity contribution >= 4 is 5.78 Å². The van der Waals surface area contributed by atoms with E-state index >= 15 is 0 Å².